The summed E-state index contributed by atoms with van der Waals surface area (Å²) in [5.74, 6) is 0.754. The smallest absolute Gasteiger partial charge is 0.268 e. The van der Waals surface area contributed by atoms with E-state index in [2.05, 4.69) is 0 Å². The van der Waals surface area contributed by atoms with E-state index in [-0.39, 0.29) is 11.8 Å². The number of likely N-dealkylation sites (N-methyl/N-ethyl adjacent to an activating group) is 1. The van der Waals surface area contributed by atoms with Crippen LogP contribution in [-0.2, 0) is 14.5 Å². The number of fused-ring (bicyclic) bond motifs is 2. The van der Waals surface area contributed by atoms with Crippen molar-refractivity contribution < 1.29 is 9.59 Å². The Balaban J connectivity index is 2.21. The van der Waals surface area contributed by atoms with Gasteiger partial charge in [0.1, 0.15) is 0 Å². The summed E-state index contributed by atoms with van der Waals surface area (Å²) in [7, 11) is 0. The standard InChI is InChI=1S/C15H17ClN2O2S/c1-3-13(19)18-7-8-21-15(18)11-9-10(16)5-6-12(11)17(4-2)14(15)20/h5-6,9H,3-4,7-8H2,1-2H3. The van der Waals surface area contributed by atoms with E-state index in [0.29, 0.717) is 24.5 Å². The SMILES string of the molecule is CCC(=O)N1CCSC12C(=O)N(CC)c1ccc(Cl)cc12. The molecular weight excluding hydrogens is 308 g/mol. The second-order valence-corrected chi connectivity index (χ2v) is 6.83. The summed E-state index contributed by atoms with van der Waals surface area (Å²) in [4.78, 5) is 27.9. The van der Waals surface area contributed by atoms with Gasteiger partial charge in [-0.05, 0) is 25.1 Å². The van der Waals surface area contributed by atoms with Crippen molar-refractivity contribution in [1.29, 1.82) is 0 Å². The number of thioether (sulfide) groups is 1. The Bertz CT molecular complexity index is 622. The fourth-order valence-electron chi connectivity index (χ4n) is 3.15. The van der Waals surface area contributed by atoms with Crippen molar-refractivity contribution in [2.45, 2.75) is 25.1 Å². The zero-order chi connectivity index (χ0) is 15.2. The summed E-state index contributed by atoms with van der Waals surface area (Å²) in [6.07, 6.45) is 0.400. The number of amides is 2. The zero-order valence-corrected chi connectivity index (χ0v) is 13.6. The van der Waals surface area contributed by atoms with Gasteiger partial charge in [-0.3, -0.25) is 9.59 Å². The summed E-state index contributed by atoms with van der Waals surface area (Å²) >= 11 is 7.68. The van der Waals surface area contributed by atoms with Gasteiger partial charge in [0.25, 0.3) is 5.91 Å². The molecule has 1 fully saturated rings. The van der Waals surface area contributed by atoms with Gasteiger partial charge in [-0.2, -0.15) is 0 Å². The highest BCUT2D eigenvalue weighted by atomic mass is 35.5. The minimum Gasteiger partial charge on any atom is -0.315 e. The Kier molecular flexibility index (Phi) is 3.66. The molecule has 2 aliphatic rings. The summed E-state index contributed by atoms with van der Waals surface area (Å²) in [5.41, 5.74) is 1.72. The minimum atomic E-state index is -0.913. The van der Waals surface area contributed by atoms with Crippen LogP contribution in [0.25, 0.3) is 0 Å². The first kappa shape index (κ1) is 14.7. The molecule has 0 saturated carbocycles. The molecule has 1 atom stereocenters. The monoisotopic (exact) mass is 324 g/mol. The fraction of sp³-hybridized carbons (Fsp3) is 0.467. The largest absolute Gasteiger partial charge is 0.315 e. The number of halogens is 1. The van der Waals surface area contributed by atoms with Crippen molar-refractivity contribution in [3.05, 3.63) is 28.8 Å². The minimum absolute atomic E-state index is 0.0113. The van der Waals surface area contributed by atoms with Crippen LogP contribution in [0.4, 0.5) is 5.69 Å². The van der Waals surface area contributed by atoms with E-state index in [1.807, 2.05) is 26.0 Å². The molecule has 4 nitrogen and oxygen atoms in total. The van der Waals surface area contributed by atoms with E-state index in [1.54, 1.807) is 15.9 Å². The Morgan fingerprint density at radius 3 is 2.86 bits per heavy atom. The Labute approximate surface area is 133 Å². The maximum Gasteiger partial charge on any atom is 0.268 e. The van der Waals surface area contributed by atoms with Crippen molar-refractivity contribution in [3.8, 4) is 0 Å². The lowest BCUT2D eigenvalue weighted by molar-refractivity contribution is -0.139. The first-order valence-electron chi connectivity index (χ1n) is 7.12. The highest BCUT2D eigenvalue weighted by Gasteiger charge is 2.58. The highest BCUT2D eigenvalue weighted by molar-refractivity contribution is 8.01. The van der Waals surface area contributed by atoms with E-state index in [9.17, 15) is 9.59 Å². The van der Waals surface area contributed by atoms with E-state index >= 15 is 0 Å². The third kappa shape index (κ3) is 1.90. The maximum absolute atomic E-state index is 13.0. The second-order valence-electron chi connectivity index (χ2n) is 5.10. The molecule has 0 aromatic heterocycles. The number of anilines is 1. The van der Waals surface area contributed by atoms with Gasteiger partial charge in [0.05, 0.1) is 5.69 Å². The molecule has 0 N–H and O–H groups in total. The zero-order valence-electron chi connectivity index (χ0n) is 12.1. The molecule has 1 saturated heterocycles. The van der Waals surface area contributed by atoms with Crippen molar-refractivity contribution >= 4 is 40.9 Å². The Morgan fingerprint density at radius 1 is 1.43 bits per heavy atom. The van der Waals surface area contributed by atoms with Crippen molar-refractivity contribution in [1.82, 2.24) is 4.90 Å². The van der Waals surface area contributed by atoms with Gasteiger partial charge >= 0.3 is 0 Å². The van der Waals surface area contributed by atoms with E-state index in [1.165, 1.54) is 11.8 Å². The van der Waals surface area contributed by atoms with Crippen LogP contribution in [0.5, 0.6) is 0 Å². The lowest BCUT2D eigenvalue weighted by Gasteiger charge is -2.33. The predicted octanol–water partition coefficient (Wildman–Crippen LogP) is 2.84. The molecule has 1 spiro atoms. The number of carbonyl (C=O) groups is 2. The lowest BCUT2D eigenvalue weighted by atomic mass is 10.1. The molecule has 1 aromatic rings. The molecule has 21 heavy (non-hydrogen) atoms. The summed E-state index contributed by atoms with van der Waals surface area (Å²) < 4.78 is 0. The van der Waals surface area contributed by atoms with Crippen LogP contribution in [0, 0.1) is 0 Å². The van der Waals surface area contributed by atoms with Crippen molar-refractivity contribution in [3.63, 3.8) is 0 Å². The summed E-state index contributed by atoms with van der Waals surface area (Å²) in [6, 6.07) is 5.50. The van der Waals surface area contributed by atoms with E-state index in [4.69, 9.17) is 11.6 Å². The van der Waals surface area contributed by atoms with Gasteiger partial charge < -0.3 is 9.80 Å². The van der Waals surface area contributed by atoms with Gasteiger partial charge in [-0.25, -0.2) is 0 Å². The molecular formula is C15H17ClN2O2S. The summed E-state index contributed by atoms with van der Waals surface area (Å²) in [6.45, 7) is 4.96. The third-order valence-corrected chi connectivity index (χ3v) is 5.73. The van der Waals surface area contributed by atoms with E-state index in [0.717, 1.165) is 17.0 Å². The van der Waals surface area contributed by atoms with Crippen molar-refractivity contribution in [2.75, 3.05) is 23.7 Å². The van der Waals surface area contributed by atoms with Gasteiger partial charge in [0.2, 0.25) is 5.91 Å². The summed E-state index contributed by atoms with van der Waals surface area (Å²) in [5, 5.41) is 0.593. The molecule has 1 unspecified atom stereocenters. The molecule has 112 valence electrons. The van der Waals surface area contributed by atoms with E-state index < -0.39 is 4.87 Å². The molecule has 2 aliphatic heterocycles. The van der Waals surface area contributed by atoms with Crippen LogP contribution in [0.2, 0.25) is 5.02 Å². The average Bonchev–Trinajstić information content (AvgIpc) is 3.02. The highest BCUT2D eigenvalue weighted by Crippen LogP contribution is 2.54. The van der Waals surface area contributed by atoms with Gasteiger partial charge in [-0.1, -0.05) is 18.5 Å². The molecule has 0 aliphatic carbocycles. The van der Waals surface area contributed by atoms with Gasteiger partial charge in [0, 0.05) is 35.8 Å². The van der Waals surface area contributed by atoms with Crippen LogP contribution in [-0.4, -0.2) is 35.6 Å². The van der Waals surface area contributed by atoms with Crippen LogP contribution in [0.1, 0.15) is 25.8 Å². The van der Waals surface area contributed by atoms with Gasteiger partial charge in [0.15, 0.2) is 4.87 Å². The number of hydrogen-bond acceptors (Lipinski definition) is 3. The number of benzene rings is 1. The van der Waals surface area contributed by atoms with Crippen molar-refractivity contribution in [2.24, 2.45) is 0 Å². The average molecular weight is 325 g/mol. The number of rotatable bonds is 2. The first-order chi connectivity index (χ1) is 10.1. The Morgan fingerprint density at radius 2 is 2.19 bits per heavy atom. The third-order valence-electron chi connectivity index (χ3n) is 4.08. The molecule has 3 rings (SSSR count). The molecule has 2 amide bonds. The number of nitrogens with zero attached hydrogens (tertiary/aromatic N) is 2. The number of hydrogen-bond donors (Lipinski definition) is 0. The Hall–Kier alpha value is -1.20. The first-order valence-corrected chi connectivity index (χ1v) is 8.49. The molecule has 1 aromatic carbocycles. The normalized spacial score (nSPS) is 24.0. The molecule has 6 heteroatoms. The quantitative estimate of drug-likeness (QED) is 0.840. The lowest BCUT2D eigenvalue weighted by Crippen LogP contribution is -2.50. The van der Waals surface area contributed by atoms with Gasteiger partial charge in [-0.15, -0.1) is 11.8 Å². The maximum atomic E-state index is 13.0. The second kappa shape index (κ2) is 5.21. The molecule has 0 bridgehead atoms. The van der Waals surface area contributed by atoms with Crippen LogP contribution in [0.15, 0.2) is 18.2 Å². The van der Waals surface area contributed by atoms with Crippen LogP contribution in [0.3, 0.4) is 0 Å². The molecule has 0 radical (unpaired) electrons. The number of carbonyl (C=O) groups excluding carboxylic acids is 2. The van der Waals surface area contributed by atoms with Crippen LogP contribution < -0.4 is 4.90 Å². The van der Waals surface area contributed by atoms with Crippen LogP contribution >= 0.6 is 23.4 Å². The predicted molar refractivity (Wildman–Crippen MR) is 85.6 cm³/mol. The molecule has 2 heterocycles. The topological polar surface area (TPSA) is 40.6 Å². The fourth-order valence-corrected chi connectivity index (χ4v) is 4.79.